The van der Waals surface area contributed by atoms with Gasteiger partial charge in [0.25, 0.3) is 0 Å². The molecule has 2 heterocycles. The molecule has 0 unspecified atom stereocenters. The number of aromatic nitrogens is 1. The summed E-state index contributed by atoms with van der Waals surface area (Å²) in [4.78, 5) is 22.9. The standard InChI is InChI=1S/C16H27N5OS/c1-4-17-16(19-10-15(22)21-7-5-6-8-21)18-9-14-20-13(11-23-14)12(2)3/h11-12H,4-10H2,1-3H3,(H2,17,18,19). The van der Waals surface area contributed by atoms with Gasteiger partial charge in [0, 0.05) is 25.0 Å². The van der Waals surface area contributed by atoms with Crippen molar-refractivity contribution >= 4 is 23.2 Å². The number of amides is 1. The molecule has 1 aliphatic rings. The number of rotatable bonds is 6. The number of carbonyl (C=O) groups excluding carboxylic acids is 1. The second-order valence-electron chi connectivity index (χ2n) is 5.96. The Kier molecular flexibility index (Phi) is 6.83. The van der Waals surface area contributed by atoms with Crippen molar-refractivity contribution in [2.75, 3.05) is 26.2 Å². The van der Waals surface area contributed by atoms with Gasteiger partial charge in [-0.3, -0.25) is 4.79 Å². The Morgan fingerprint density at radius 1 is 1.39 bits per heavy atom. The summed E-state index contributed by atoms with van der Waals surface area (Å²) in [6.07, 6.45) is 2.21. The topological polar surface area (TPSA) is 69.6 Å². The van der Waals surface area contributed by atoms with Crippen LogP contribution in [-0.2, 0) is 11.3 Å². The van der Waals surface area contributed by atoms with Gasteiger partial charge in [-0.25, -0.2) is 9.98 Å². The second kappa shape index (κ2) is 8.86. The number of thiazole rings is 1. The highest BCUT2D eigenvalue weighted by molar-refractivity contribution is 7.09. The summed E-state index contributed by atoms with van der Waals surface area (Å²) in [5, 5.41) is 9.56. The van der Waals surface area contributed by atoms with E-state index in [9.17, 15) is 4.79 Å². The third-order valence-corrected chi connectivity index (χ3v) is 4.61. The van der Waals surface area contributed by atoms with Crippen LogP contribution in [0.4, 0.5) is 0 Å². The molecule has 6 nitrogen and oxygen atoms in total. The lowest BCUT2D eigenvalue weighted by Crippen LogP contribution is -2.38. The third-order valence-electron chi connectivity index (χ3n) is 3.74. The SMILES string of the molecule is CCNC(=NCC(=O)N1CCCC1)NCc1nc(C(C)C)cs1. The summed E-state index contributed by atoms with van der Waals surface area (Å²) in [5.41, 5.74) is 1.12. The fourth-order valence-corrected chi connectivity index (χ4v) is 3.28. The Labute approximate surface area is 142 Å². The van der Waals surface area contributed by atoms with E-state index in [0.29, 0.717) is 18.4 Å². The zero-order chi connectivity index (χ0) is 16.7. The molecule has 1 aromatic heterocycles. The zero-order valence-electron chi connectivity index (χ0n) is 14.3. The molecule has 1 aliphatic heterocycles. The van der Waals surface area contributed by atoms with Gasteiger partial charge in [0.2, 0.25) is 5.91 Å². The summed E-state index contributed by atoms with van der Waals surface area (Å²) in [5.74, 6) is 1.22. The third kappa shape index (κ3) is 5.49. The van der Waals surface area contributed by atoms with E-state index in [0.717, 1.165) is 43.2 Å². The fraction of sp³-hybridized carbons (Fsp3) is 0.688. The van der Waals surface area contributed by atoms with Crippen LogP contribution in [-0.4, -0.2) is 47.9 Å². The zero-order valence-corrected chi connectivity index (χ0v) is 15.1. The van der Waals surface area contributed by atoms with Crippen molar-refractivity contribution in [1.82, 2.24) is 20.5 Å². The number of hydrogen-bond acceptors (Lipinski definition) is 4. The van der Waals surface area contributed by atoms with Crippen molar-refractivity contribution in [2.24, 2.45) is 4.99 Å². The monoisotopic (exact) mass is 337 g/mol. The van der Waals surface area contributed by atoms with Gasteiger partial charge in [0.1, 0.15) is 11.6 Å². The minimum absolute atomic E-state index is 0.107. The van der Waals surface area contributed by atoms with Gasteiger partial charge in [-0.1, -0.05) is 13.8 Å². The predicted molar refractivity (Wildman–Crippen MR) is 94.8 cm³/mol. The van der Waals surface area contributed by atoms with Gasteiger partial charge in [-0.05, 0) is 25.7 Å². The lowest BCUT2D eigenvalue weighted by molar-refractivity contribution is -0.128. The maximum Gasteiger partial charge on any atom is 0.244 e. The van der Waals surface area contributed by atoms with Crippen LogP contribution in [0.3, 0.4) is 0 Å². The predicted octanol–water partition coefficient (Wildman–Crippen LogP) is 1.94. The van der Waals surface area contributed by atoms with Crippen molar-refractivity contribution in [2.45, 2.75) is 46.1 Å². The molecule has 128 valence electrons. The van der Waals surface area contributed by atoms with E-state index >= 15 is 0 Å². The maximum atomic E-state index is 12.1. The second-order valence-corrected chi connectivity index (χ2v) is 6.90. The Hall–Kier alpha value is -1.63. The molecule has 0 radical (unpaired) electrons. The van der Waals surface area contributed by atoms with Crippen molar-refractivity contribution in [3.8, 4) is 0 Å². The van der Waals surface area contributed by atoms with Crippen molar-refractivity contribution in [3.63, 3.8) is 0 Å². The quantitative estimate of drug-likeness (QED) is 0.615. The number of aliphatic imine (C=N–C) groups is 1. The molecule has 0 aliphatic carbocycles. The lowest BCUT2D eigenvalue weighted by Gasteiger charge is -2.14. The smallest absolute Gasteiger partial charge is 0.244 e. The van der Waals surface area contributed by atoms with E-state index in [-0.39, 0.29) is 12.5 Å². The number of carbonyl (C=O) groups is 1. The molecule has 0 spiro atoms. The molecule has 0 saturated carbocycles. The Morgan fingerprint density at radius 3 is 2.74 bits per heavy atom. The number of nitrogens with zero attached hydrogens (tertiary/aromatic N) is 3. The van der Waals surface area contributed by atoms with Gasteiger partial charge in [-0.15, -0.1) is 11.3 Å². The Morgan fingerprint density at radius 2 is 2.13 bits per heavy atom. The molecule has 0 bridgehead atoms. The maximum absolute atomic E-state index is 12.1. The molecule has 1 fully saturated rings. The molecule has 2 N–H and O–H groups in total. The highest BCUT2D eigenvalue weighted by Crippen LogP contribution is 2.17. The summed E-state index contributed by atoms with van der Waals surface area (Å²) < 4.78 is 0. The van der Waals surface area contributed by atoms with E-state index in [1.165, 1.54) is 0 Å². The van der Waals surface area contributed by atoms with Gasteiger partial charge < -0.3 is 15.5 Å². The van der Waals surface area contributed by atoms with E-state index in [2.05, 4.69) is 39.8 Å². The number of guanidine groups is 1. The minimum atomic E-state index is 0.107. The van der Waals surface area contributed by atoms with Gasteiger partial charge in [0.05, 0.1) is 12.2 Å². The number of hydrogen-bond donors (Lipinski definition) is 2. The van der Waals surface area contributed by atoms with Crippen LogP contribution in [0, 0.1) is 0 Å². The average Bonchev–Trinajstić information content (AvgIpc) is 3.20. The largest absolute Gasteiger partial charge is 0.357 e. The van der Waals surface area contributed by atoms with Crippen LogP contribution in [0.1, 0.15) is 50.2 Å². The summed E-state index contributed by atoms with van der Waals surface area (Å²) in [6.45, 7) is 9.62. The van der Waals surface area contributed by atoms with Crippen LogP contribution in [0.25, 0.3) is 0 Å². The Bertz CT molecular complexity index is 534. The molecule has 23 heavy (non-hydrogen) atoms. The first-order valence-electron chi connectivity index (χ1n) is 8.34. The molecule has 7 heteroatoms. The van der Waals surface area contributed by atoms with E-state index in [1.807, 2.05) is 11.8 Å². The van der Waals surface area contributed by atoms with Crippen LogP contribution < -0.4 is 10.6 Å². The normalized spacial score (nSPS) is 15.3. The van der Waals surface area contributed by atoms with Crippen LogP contribution in [0.5, 0.6) is 0 Å². The van der Waals surface area contributed by atoms with Crippen LogP contribution in [0.2, 0.25) is 0 Å². The summed E-state index contributed by atoms with van der Waals surface area (Å²) in [6, 6.07) is 0. The molecule has 1 aromatic rings. The van der Waals surface area contributed by atoms with E-state index in [1.54, 1.807) is 11.3 Å². The molecule has 0 atom stereocenters. The molecule has 1 saturated heterocycles. The molecule has 2 rings (SSSR count). The highest BCUT2D eigenvalue weighted by Gasteiger charge is 2.17. The van der Waals surface area contributed by atoms with Crippen LogP contribution >= 0.6 is 11.3 Å². The van der Waals surface area contributed by atoms with Crippen molar-refractivity contribution in [1.29, 1.82) is 0 Å². The van der Waals surface area contributed by atoms with Crippen molar-refractivity contribution < 1.29 is 4.79 Å². The van der Waals surface area contributed by atoms with E-state index in [4.69, 9.17) is 0 Å². The lowest BCUT2D eigenvalue weighted by atomic mass is 10.2. The average molecular weight is 337 g/mol. The number of likely N-dealkylation sites (tertiary alicyclic amines) is 1. The molecular weight excluding hydrogens is 310 g/mol. The molecule has 0 aromatic carbocycles. The number of nitrogens with one attached hydrogen (secondary N) is 2. The van der Waals surface area contributed by atoms with Gasteiger partial charge in [0.15, 0.2) is 5.96 Å². The highest BCUT2D eigenvalue weighted by atomic mass is 32.1. The van der Waals surface area contributed by atoms with Crippen LogP contribution in [0.15, 0.2) is 10.4 Å². The summed E-state index contributed by atoms with van der Waals surface area (Å²) >= 11 is 1.65. The van der Waals surface area contributed by atoms with Gasteiger partial charge >= 0.3 is 0 Å². The Balaban J connectivity index is 1.86. The first-order valence-corrected chi connectivity index (χ1v) is 9.22. The summed E-state index contributed by atoms with van der Waals surface area (Å²) in [7, 11) is 0. The van der Waals surface area contributed by atoms with E-state index < -0.39 is 0 Å². The molecule has 1 amide bonds. The molecular formula is C16H27N5OS. The van der Waals surface area contributed by atoms with Gasteiger partial charge in [-0.2, -0.15) is 0 Å². The fourth-order valence-electron chi connectivity index (χ4n) is 2.39. The minimum Gasteiger partial charge on any atom is -0.357 e. The first kappa shape index (κ1) is 17.7. The van der Waals surface area contributed by atoms with Crippen molar-refractivity contribution in [3.05, 3.63) is 16.1 Å². The first-order chi connectivity index (χ1) is 11.1.